The van der Waals surface area contributed by atoms with Crippen molar-refractivity contribution in [3.63, 3.8) is 0 Å². The molecule has 0 saturated heterocycles. The number of nitrogens with zero attached hydrogens (tertiary/aromatic N) is 4. The van der Waals surface area contributed by atoms with E-state index in [-0.39, 0.29) is 24.0 Å². The van der Waals surface area contributed by atoms with E-state index < -0.39 is 0 Å². The molecule has 2 aromatic rings. The number of benzene rings is 1. The summed E-state index contributed by atoms with van der Waals surface area (Å²) in [5, 5.41) is 14.6. The Morgan fingerprint density at radius 1 is 1.30 bits per heavy atom. The number of nitrogens with one attached hydrogen (secondary N) is 2. The van der Waals surface area contributed by atoms with Crippen LogP contribution in [0.1, 0.15) is 19.2 Å². The minimum Gasteiger partial charge on any atom is -0.493 e. The molecule has 150 valence electrons. The van der Waals surface area contributed by atoms with Crippen molar-refractivity contribution in [3.8, 4) is 5.75 Å². The van der Waals surface area contributed by atoms with Gasteiger partial charge in [0.2, 0.25) is 0 Å². The molecule has 0 fully saturated rings. The maximum Gasteiger partial charge on any atom is 0.195 e. The van der Waals surface area contributed by atoms with Gasteiger partial charge in [0.25, 0.3) is 0 Å². The molecule has 1 aromatic heterocycles. The van der Waals surface area contributed by atoms with Gasteiger partial charge in [-0.05, 0) is 12.1 Å². The molecule has 1 aromatic carbocycles. The van der Waals surface area contributed by atoms with Gasteiger partial charge in [0.15, 0.2) is 5.96 Å². The van der Waals surface area contributed by atoms with E-state index >= 15 is 0 Å². The van der Waals surface area contributed by atoms with Crippen molar-refractivity contribution in [1.82, 2.24) is 20.1 Å². The molecule has 0 aliphatic carbocycles. The predicted octanol–water partition coefficient (Wildman–Crippen LogP) is 2.56. The lowest BCUT2D eigenvalue weighted by Gasteiger charge is -2.13. The molecular formula is C18H29IN6O2. The van der Waals surface area contributed by atoms with Crippen molar-refractivity contribution in [1.29, 1.82) is 0 Å². The summed E-state index contributed by atoms with van der Waals surface area (Å²) in [5.41, 5.74) is 0.917. The Balaban J connectivity index is 0.00000364. The largest absolute Gasteiger partial charge is 0.493 e. The van der Waals surface area contributed by atoms with Gasteiger partial charge in [0, 0.05) is 58.4 Å². The van der Waals surface area contributed by atoms with Crippen molar-refractivity contribution in [3.05, 3.63) is 36.4 Å². The average molecular weight is 488 g/mol. The van der Waals surface area contributed by atoms with Gasteiger partial charge in [-0.3, -0.25) is 4.99 Å². The van der Waals surface area contributed by atoms with Gasteiger partial charge in [0.1, 0.15) is 17.9 Å². The topological polar surface area (TPSA) is 85.6 Å². The third-order valence-electron chi connectivity index (χ3n) is 3.74. The number of aromatic nitrogens is 3. The predicted molar refractivity (Wildman–Crippen MR) is 118 cm³/mol. The van der Waals surface area contributed by atoms with Crippen LogP contribution in [0.25, 0.3) is 0 Å². The van der Waals surface area contributed by atoms with Crippen LogP contribution in [0.5, 0.6) is 5.75 Å². The number of guanidine groups is 1. The molecule has 0 aliphatic rings. The summed E-state index contributed by atoms with van der Waals surface area (Å²) >= 11 is 0. The lowest BCUT2D eigenvalue weighted by molar-refractivity contribution is 0.172. The van der Waals surface area contributed by atoms with Gasteiger partial charge >= 0.3 is 0 Å². The molecule has 0 atom stereocenters. The fourth-order valence-electron chi connectivity index (χ4n) is 2.41. The Labute approximate surface area is 177 Å². The quantitative estimate of drug-likeness (QED) is 0.232. The van der Waals surface area contributed by atoms with Crippen LogP contribution in [0.4, 0.5) is 5.69 Å². The highest BCUT2D eigenvalue weighted by molar-refractivity contribution is 14.0. The van der Waals surface area contributed by atoms with Crippen molar-refractivity contribution >= 4 is 35.6 Å². The molecule has 0 amide bonds. The molecule has 9 heteroatoms. The summed E-state index contributed by atoms with van der Waals surface area (Å²) in [4.78, 5) is 4.26. The standard InChI is InChI=1S/C18H28N6O2.HI/c1-4-17-23-21-14-24(17)10-9-20-18(19-2)22-15-7-5-8-16(13-15)26-12-6-11-25-3;/h5,7-8,13-14H,4,6,9-12H2,1-3H3,(H2,19,20,22);1H. The maximum atomic E-state index is 5.72. The van der Waals surface area contributed by atoms with E-state index in [2.05, 4.69) is 32.7 Å². The fraction of sp³-hybridized carbons (Fsp3) is 0.500. The molecule has 2 N–H and O–H groups in total. The zero-order valence-electron chi connectivity index (χ0n) is 16.1. The van der Waals surface area contributed by atoms with Crippen molar-refractivity contribution in [2.45, 2.75) is 26.3 Å². The molecule has 1 heterocycles. The number of ether oxygens (including phenoxy) is 2. The van der Waals surface area contributed by atoms with Crippen molar-refractivity contribution in [2.24, 2.45) is 4.99 Å². The number of rotatable bonds is 10. The first-order valence-electron chi connectivity index (χ1n) is 8.83. The molecule has 0 saturated carbocycles. The molecular weight excluding hydrogens is 459 g/mol. The summed E-state index contributed by atoms with van der Waals surface area (Å²) in [5.74, 6) is 2.50. The summed E-state index contributed by atoms with van der Waals surface area (Å²) in [6, 6.07) is 7.82. The van der Waals surface area contributed by atoms with Gasteiger partial charge in [-0.2, -0.15) is 0 Å². The highest BCUT2D eigenvalue weighted by atomic mass is 127. The van der Waals surface area contributed by atoms with Crippen LogP contribution in [0.2, 0.25) is 0 Å². The van der Waals surface area contributed by atoms with Crippen LogP contribution in [0.3, 0.4) is 0 Å². The van der Waals surface area contributed by atoms with E-state index in [0.29, 0.717) is 19.2 Å². The van der Waals surface area contributed by atoms with Gasteiger partial charge in [-0.25, -0.2) is 0 Å². The second kappa shape index (κ2) is 13.3. The van der Waals surface area contributed by atoms with Gasteiger partial charge in [-0.15, -0.1) is 34.2 Å². The number of methoxy groups -OCH3 is 1. The van der Waals surface area contributed by atoms with Crippen molar-refractivity contribution < 1.29 is 9.47 Å². The third kappa shape index (κ3) is 8.12. The molecule has 0 spiro atoms. The van der Waals surface area contributed by atoms with Crippen LogP contribution in [0, 0.1) is 0 Å². The number of anilines is 1. The fourth-order valence-corrected chi connectivity index (χ4v) is 2.41. The summed E-state index contributed by atoms with van der Waals surface area (Å²) < 4.78 is 12.8. The zero-order valence-corrected chi connectivity index (χ0v) is 18.5. The van der Waals surface area contributed by atoms with Crippen LogP contribution < -0.4 is 15.4 Å². The Morgan fingerprint density at radius 3 is 2.89 bits per heavy atom. The summed E-state index contributed by atoms with van der Waals surface area (Å²) in [6.45, 7) is 4.89. The molecule has 2 rings (SSSR count). The van der Waals surface area contributed by atoms with E-state index in [1.54, 1.807) is 20.5 Å². The highest BCUT2D eigenvalue weighted by Crippen LogP contribution is 2.17. The van der Waals surface area contributed by atoms with Gasteiger partial charge < -0.3 is 24.7 Å². The number of hydrogen-bond donors (Lipinski definition) is 2. The first kappa shape index (κ1) is 23.2. The molecule has 8 nitrogen and oxygen atoms in total. The molecule has 0 radical (unpaired) electrons. The van der Waals surface area contributed by atoms with Gasteiger partial charge in [0.05, 0.1) is 6.61 Å². The smallest absolute Gasteiger partial charge is 0.195 e. The second-order valence-corrected chi connectivity index (χ2v) is 5.64. The third-order valence-corrected chi connectivity index (χ3v) is 3.74. The SMILES string of the molecule is CCc1nncn1CCNC(=NC)Nc1cccc(OCCCOC)c1.I. The Hall–Kier alpha value is -1.88. The molecule has 0 aliphatic heterocycles. The highest BCUT2D eigenvalue weighted by Gasteiger charge is 2.04. The number of hydrogen-bond acceptors (Lipinski definition) is 5. The van der Waals surface area contributed by atoms with Crippen LogP contribution in [-0.2, 0) is 17.7 Å². The maximum absolute atomic E-state index is 5.72. The Kier molecular flexibility index (Phi) is 11.4. The lowest BCUT2D eigenvalue weighted by Crippen LogP contribution is -2.33. The molecule has 0 unspecified atom stereocenters. The number of halogens is 1. The van der Waals surface area contributed by atoms with E-state index in [9.17, 15) is 0 Å². The van der Waals surface area contributed by atoms with Crippen LogP contribution in [-0.4, -0.2) is 54.6 Å². The Bertz CT molecular complexity index is 692. The van der Waals surface area contributed by atoms with Crippen LogP contribution in [0.15, 0.2) is 35.6 Å². The zero-order chi connectivity index (χ0) is 18.6. The van der Waals surface area contributed by atoms with E-state index in [1.165, 1.54) is 0 Å². The van der Waals surface area contributed by atoms with Crippen molar-refractivity contribution in [2.75, 3.05) is 39.2 Å². The summed E-state index contributed by atoms with van der Waals surface area (Å²) in [6.07, 6.45) is 3.48. The molecule has 27 heavy (non-hydrogen) atoms. The van der Waals surface area contributed by atoms with E-state index in [4.69, 9.17) is 9.47 Å². The first-order chi connectivity index (χ1) is 12.8. The average Bonchev–Trinajstić information content (AvgIpc) is 3.12. The molecule has 0 bridgehead atoms. The number of aliphatic imine (C=N–C) groups is 1. The second-order valence-electron chi connectivity index (χ2n) is 5.64. The number of aryl methyl sites for hydroxylation is 1. The first-order valence-corrected chi connectivity index (χ1v) is 8.83. The van der Waals surface area contributed by atoms with Crippen LogP contribution >= 0.6 is 24.0 Å². The minimum atomic E-state index is 0. The van der Waals surface area contributed by atoms with E-state index in [1.807, 2.05) is 28.8 Å². The minimum absolute atomic E-state index is 0. The summed E-state index contributed by atoms with van der Waals surface area (Å²) in [7, 11) is 3.44. The van der Waals surface area contributed by atoms with E-state index in [0.717, 1.165) is 43.2 Å². The lowest BCUT2D eigenvalue weighted by atomic mass is 10.3. The normalized spacial score (nSPS) is 11.0. The van der Waals surface area contributed by atoms with Gasteiger partial charge in [-0.1, -0.05) is 13.0 Å². The monoisotopic (exact) mass is 488 g/mol. The Morgan fingerprint density at radius 2 is 2.15 bits per heavy atom.